The molecular formula is C23H20N2O5. The van der Waals surface area contributed by atoms with Gasteiger partial charge in [-0.1, -0.05) is 24.3 Å². The third kappa shape index (κ3) is 4.57. The molecule has 0 bridgehead atoms. The molecule has 7 nitrogen and oxygen atoms in total. The molecule has 0 radical (unpaired) electrons. The maximum atomic E-state index is 12.4. The fourth-order valence-corrected chi connectivity index (χ4v) is 2.90. The van der Waals surface area contributed by atoms with E-state index in [0.29, 0.717) is 16.8 Å². The normalized spacial score (nSPS) is 10.3. The van der Waals surface area contributed by atoms with E-state index in [2.05, 4.69) is 11.1 Å². The van der Waals surface area contributed by atoms with Crippen LogP contribution in [0.1, 0.15) is 22.8 Å². The van der Waals surface area contributed by atoms with Gasteiger partial charge in [0.05, 0.1) is 30.1 Å². The molecule has 7 heteroatoms. The lowest BCUT2D eigenvalue weighted by Crippen LogP contribution is -2.10. The Morgan fingerprint density at radius 3 is 2.53 bits per heavy atom. The summed E-state index contributed by atoms with van der Waals surface area (Å²) < 4.78 is 15.4. The summed E-state index contributed by atoms with van der Waals surface area (Å²) in [7, 11) is 1.48. The maximum absolute atomic E-state index is 12.4. The van der Waals surface area contributed by atoms with Crippen LogP contribution in [0.4, 0.5) is 0 Å². The Morgan fingerprint density at radius 1 is 1.13 bits per heavy atom. The molecule has 0 fully saturated rings. The highest BCUT2D eigenvalue weighted by Gasteiger charge is 2.17. The number of hydrogen-bond acceptors (Lipinski definition) is 7. The quantitative estimate of drug-likeness (QED) is 0.466. The van der Waals surface area contributed by atoms with Crippen LogP contribution in [-0.4, -0.2) is 36.6 Å². The molecule has 0 spiro atoms. The molecule has 30 heavy (non-hydrogen) atoms. The van der Waals surface area contributed by atoms with E-state index in [1.54, 1.807) is 49.4 Å². The standard InChI is InChI=1S/C23H20N2O5/c1-3-29-23(27)20-11-21(25-13-22(20)30-14-28-2)16-6-9-19(17(10-16)12-24)15-4-7-18(26)8-5-15/h4-11,13,26H,3,14H2,1-2H3. The number of carbonyl (C=O) groups excluding carboxylic acids is 1. The first-order chi connectivity index (χ1) is 14.6. The molecule has 0 aliphatic rings. The van der Waals surface area contributed by atoms with Gasteiger partial charge in [0.15, 0.2) is 12.5 Å². The van der Waals surface area contributed by atoms with E-state index in [4.69, 9.17) is 14.2 Å². The zero-order chi connectivity index (χ0) is 21.5. The predicted molar refractivity (Wildman–Crippen MR) is 110 cm³/mol. The number of phenols is 1. The van der Waals surface area contributed by atoms with Crippen molar-refractivity contribution >= 4 is 5.97 Å². The number of pyridine rings is 1. The zero-order valence-electron chi connectivity index (χ0n) is 16.6. The third-order valence-electron chi connectivity index (χ3n) is 4.31. The van der Waals surface area contributed by atoms with E-state index < -0.39 is 5.97 Å². The Labute approximate surface area is 174 Å². The SMILES string of the molecule is CCOC(=O)c1cc(-c2ccc(-c3ccc(O)cc3)c(C#N)c2)ncc1OCOC. The van der Waals surface area contributed by atoms with Crippen molar-refractivity contribution in [2.24, 2.45) is 0 Å². The minimum Gasteiger partial charge on any atom is -0.508 e. The van der Waals surface area contributed by atoms with Crippen LogP contribution in [0.2, 0.25) is 0 Å². The van der Waals surface area contributed by atoms with Crippen molar-refractivity contribution in [3.63, 3.8) is 0 Å². The van der Waals surface area contributed by atoms with Gasteiger partial charge in [0, 0.05) is 12.7 Å². The molecule has 0 aliphatic heterocycles. The molecule has 1 heterocycles. The van der Waals surface area contributed by atoms with Crippen LogP contribution >= 0.6 is 0 Å². The second-order valence-corrected chi connectivity index (χ2v) is 6.26. The van der Waals surface area contributed by atoms with Gasteiger partial charge in [-0.25, -0.2) is 4.79 Å². The monoisotopic (exact) mass is 404 g/mol. The van der Waals surface area contributed by atoms with Crippen molar-refractivity contribution in [3.05, 3.63) is 65.9 Å². The smallest absolute Gasteiger partial charge is 0.342 e. The summed E-state index contributed by atoms with van der Waals surface area (Å²) in [6.45, 7) is 1.91. The molecule has 3 rings (SSSR count). The molecule has 0 aliphatic carbocycles. The van der Waals surface area contributed by atoms with Crippen LogP contribution < -0.4 is 4.74 Å². The molecule has 0 amide bonds. The summed E-state index contributed by atoms with van der Waals surface area (Å²) >= 11 is 0. The number of hydrogen-bond donors (Lipinski definition) is 1. The first kappa shape index (κ1) is 20.8. The average Bonchev–Trinajstić information content (AvgIpc) is 2.78. The molecule has 0 unspecified atom stereocenters. The number of carbonyl (C=O) groups is 1. The zero-order valence-corrected chi connectivity index (χ0v) is 16.6. The number of aromatic hydroxyl groups is 1. The minimum atomic E-state index is -0.534. The Bertz CT molecular complexity index is 1090. The molecular weight excluding hydrogens is 384 g/mol. The fourth-order valence-electron chi connectivity index (χ4n) is 2.90. The molecule has 0 atom stereocenters. The van der Waals surface area contributed by atoms with E-state index in [-0.39, 0.29) is 30.5 Å². The van der Waals surface area contributed by atoms with Crippen molar-refractivity contribution in [1.29, 1.82) is 5.26 Å². The largest absolute Gasteiger partial charge is 0.508 e. The summed E-state index contributed by atoms with van der Waals surface area (Å²) in [5, 5.41) is 19.1. The summed E-state index contributed by atoms with van der Waals surface area (Å²) in [5.41, 5.74) is 3.36. The predicted octanol–water partition coefficient (Wildman–Crippen LogP) is 4.15. The van der Waals surface area contributed by atoms with Crippen LogP contribution in [-0.2, 0) is 9.47 Å². The second-order valence-electron chi connectivity index (χ2n) is 6.26. The lowest BCUT2D eigenvalue weighted by molar-refractivity contribution is 0.0436. The molecule has 0 saturated carbocycles. The van der Waals surface area contributed by atoms with Crippen molar-refractivity contribution in [1.82, 2.24) is 4.98 Å². The Kier molecular flexibility index (Phi) is 6.63. The van der Waals surface area contributed by atoms with Crippen LogP contribution in [0, 0.1) is 11.3 Å². The number of phenolic OH excluding ortho intramolecular Hbond substituents is 1. The van der Waals surface area contributed by atoms with E-state index in [9.17, 15) is 15.2 Å². The van der Waals surface area contributed by atoms with Gasteiger partial charge in [-0.05, 0) is 42.3 Å². The number of nitriles is 1. The van der Waals surface area contributed by atoms with Crippen LogP contribution in [0.5, 0.6) is 11.5 Å². The number of rotatable bonds is 7. The van der Waals surface area contributed by atoms with Crippen molar-refractivity contribution < 1.29 is 24.1 Å². The lowest BCUT2D eigenvalue weighted by atomic mass is 9.96. The number of nitrogens with zero attached hydrogens (tertiary/aromatic N) is 2. The first-order valence-corrected chi connectivity index (χ1v) is 9.20. The van der Waals surface area contributed by atoms with Gasteiger partial charge in [0.2, 0.25) is 0 Å². The van der Waals surface area contributed by atoms with E-state index in [1.807, 2.05) is 6.07 Å². The van der Waals surface area contributed by atoms with Gasteiger partial charge in [0.25, 0.3) is 0 Å². The topological polar surface area (TPSA) is 102 Å². The Morgan fingerprint density at radius 2 is 1.87 bits per heavy atom. The molecule has 1 N–H and O–H groups in total. The van der Waals surface area contributed by atoms with Gasteiger partial charge in [0.1, 0.15) is 11.3 Å². The summed E-state index contributed by atoms with van der Waals surface area (Å²) in [4.78, 5) is 16.7. The minimum absolute atomic E-state index is 0.0344. The van der Waals surface area contributed by atoms with Crippen LogP contribution in [0.15, 0.2) is 54.7 Å². The number of esters is 1. The molecule has 3 aromatic rings. The number of methoxy groups -OCH3 is 1. The summed E-state index contributed by atoms with van der Waals surface area (Å²) in [6.07, 6.45) is 1.43. The van der Waals surface area contributed by atoms with Crippen molar-refractivity contribution in [2.45, 2.75) is 6.92 Å². The van der Waals surface area contributed by atoms with Crippen molar-refractivity contribution in [3.8, 4) is 40.0 Å². The Balaban J connectivity index is 2.02. The van der Waals surface area contributed by atoms with Gasteiger partial charge in [-0.2, -0.15) is 5.26 Å². The van der Waals surface area contributed by atoms with Gasteiger partial charge < -0.3 is 19.3 Å². The van der Waals surface area contributed by atoms with Gasteiger partial charge in [-0.15, -0.1) is 0 Å². The van der Waals surface area contributed by atoms with E-state index >= 15 is 0 Å². The van der Waals surface area contributed by atoms with Crippen LogP contribution in [0.25, 0.3) is 22.4 Å². The lowest BCUT2D eigenvalue weighted by Gasteiger charge is -2.12. The molecule has 0 saturated heterocycles. The maximum Gasteiger partial charge on any atom is 0.342 e. The second kappa shape index (κ2) is 9.54. The molecule has 152 valence electrons. The fraction of sp³-hybridized carbons (Fsp3) is 0.174. The van der Waals surface area contributed by atoms with Crippen LogP contribution in [0.3, 0.4) is 0 Å². The highest BCUT2D eigenvalue weighted by atomic mass is 16.7. The van der Waals surface area contributed by atoms with Gasteiger partial charge >= 0.3 is 5.97 Å². The van der Waals surface area contributed by atoms with E-state index in [1.165, 1.54) is 13.3 Å². The highest BCUT2D eigenvalue weighted by Crippen LogP contribution is 2.31. The average molecular weight is 404 g/mol. The number of ether oxygens (including phenoxy) is 3. The summed E-state index contributed by atoms with van der Waals surface area (Å²) in [6, 6.07) is 15.7. The third-order valence-corrected chi connectivity index (χ3v) is 4.31. The highest BCUT2D eigenvalue weighted by molar-refractivity contribution is 5.93. The molecule has 2 aromatic carbocycles. The first-order valence-electron chi connectivity index (χ1n) is 9.20. The number of aromatic nitrogens is 1. The summed E-state index contributed by atoms with van der Waals surface area (Å²) in [5.74, 6) is -0.130. The molecule has 1 aromatic heterocycles. The van der Waals surface area contributed by atoms with E-state index in [0.717, 1.165) is 11.1 Å². The Hall–Kier alpha value is -3.89. The van der Waals surface area contributed by atoms with Crippen molar-refractivity contribution in [2.75, 3.05) is 20.5 Å². The number of benzene rings is 2. The van der Waals surface area contributed by atoms with Gasteiger partial charge in [-0.3, -0.25) is 4.98 Å².